The van der Waals surface area contributed by atoms with E-state index in [4.69, 9.17) is 0 Å². The molecule has 2 nitrogen and oxygen atoms in total. The molecule has 0 atom stereocenters. The van der Waals surface area contributed by atoms with Crippen LogP contribution in [0.2, 0.25) is 0 Å². The van der Waals surface area contributed by atoms with Crippen LogP contribution in [0.1, 0.15) is 5.69 Å². The predicted molar refractivity (Wildman–Crippen MR) is 38.2 cm³/mol. The van der Waals surface area contributed by atoms with Crippen molar-refractivity contribution in [2.24, 2.45) is 0 Å². The maximum atomic E-state index is 12.1. The highest BCUT2D eigenvalue weighted by Gasteiger charge is 2.34. The van der Waals surface area contributed by atoms with Gasteiger partial charge in [0.1, 0.15) is 0 Å². The quantitative estimate of drug-likeness (QED) is 0.708. The number of hydrogen-bond acceptors (Lipinski definition) is 2. The van der Waals surface area contributed by atoms with E-state index in [2.05, 4.69) is 17.3 Å². The molecule has 0 aliphatic heterocycles. The van der Waals surface area contributed by atoms with E-state index in [1.54, 1.807) is 0 Å². The minimum atomic E-state index is -4.43. The van der Waals surface area contributed by atoms with Crippen molar-refractivity contribution in [1.82, 2.24) is 4.98 Å². The third-order valence-corrected chi connectivity index (χ3v) is 1.27. The van der Waals surface area contributed by atoms with E-state index in [0.29, 0.717) is 0 Å². The Morgan fingerprint density at radius 3 is 2.50 bits per heavy atom. The van der Waals surface area contributed by atoms with Crippen molar-refractivity contribution < 1.29 is 13.2 Å². The largest absolute Gasteiger partial charge is 0.435 e. The van der Waals surface area contributed by atoms with Crippen molar-refractivity contribution >= 4 is 5.69 Å². The van der Waals surface area contributed by atoms with Crippen LogP contribution < -0.4 is 5.32 Å². The molecule has 0 aromatic carbocycles. The number of aromatic nitrogens is 1. The van der Waals surface area contributed by atoms with E-state index in [1.165, 1.54) is 12.1 Å². The first-order valence-corrected chi connectivity index (χ1v) is 3.11. The molecule has 1 radical (unpaired) electrons. The molecule has 1 aromatic rings. The standard InChI is InChI=1S/C7H6F3N2/c1-11-5-3-2-4-12-6(5)7(8,9)10/h2-4,11H,1H2. The maximum Gasteiger partial charge on any atom is 0.435 e. The van der Waals surface area contributed by atoms with Crippen molar-refractivity contribution in [3.05, 3.63) is 31.1 Å². The van der Waals surface area contributed by atoms with Gasteiger partial charge in [-0.05, 0) is 12.1 Å². The molecule has 0 unspecified atom stereocenters. The summed E-state index contributed by atoms with van der Waals surface area (Å²) < 4.78 is 36.3. The highest BCUT2D eigenvalue weighted by atomic mass is 19.4. The lowest BCUT2D eigenvalue weighted by atomic mass is 10.3. The summed E-state index contributed by atoms with van der Waals surface area (Å²) in [4.78, 5) is 3.19. The molecular weight excluding hydrogens is 169 g/mol. The fraction of sp³-hybridized carbons (Fsp3) is 0.143. The van der Waals surface area contributed by atoms with E-state index >= 15 is 0 Å². The number of hydrogen-bond donors (Lipinski definition) is 1. The molecule has 1 aromatic heterocycles. The van der Waals surface area contributed by atoms with E-state index < -0.39 is 11.9 Å². The Hall–Kier alpha value is -1.26. The van der Waals surface area contributed by atoms with E-state index in [0.717, 1.165) is 6.20 Å². The number of rotatable bonds is 1. The van der Waals surface area contributed by atoms with Crippen LogP contribution in [-0.2, 0) is 6.18 Å². The van der Waals surface area contributed by atoms with Gasteiger partial charge < -0.3 is 5.32 Å². The summed E-state index contributed by atoms with van der Waals surface area (Å²) >= 11 is 0. The van der Waals surface area contributed by atoms with Crippen molar-refractivity contribution in [2.45, 2.75) is 6.18 Å². The van der Waals surface area contributed by atoms with E-state index in [9.17, 15) is 13.2 Å². The molecule has 1 rings (SSSR count). The fourth-order valence-corrected chi connectivity index (χ4v) is 0.774. The number of pyridine rings is 1. The van der Waals surface area contributed by atoms with E-state index in [1.807, 2.05) is 0 Å². The minimum Gasteiger partial charge on any atom is -0.382 e. The van der Waals surface area contributed by atoms with Crippen molar-refractivity contribution in [1.29, 1.82) is 0 Å². The molecule has 0 saturated carbocycles. The highest BCUT2D eigenvalue weighted by Crippen LogP contribution is 2.32. The molecule has 5 heteroatoms. The summed E-state index contributed by atoms with van der Waals surface area (Å²) in [6.07, 6.45) is -3.34. The Labute approximate surface area is 67.4 Å². The lowest BCUT2D eigenvalue weighted by molar-refractivity contribution is -0.140. The fourth-order valence-electron chi connectivity index (χ4n) is 0.774. The zero-order chi connectivity index (χ0) is 9.19. The van der Waals surface area contributed by atoms with Crippen LogP contribution in [0.4, 0.5) is 18.9 Å². The van der Waals surface area contributed by atoms with Gasteiger partial charge in [-0.1, -0.05) is 0 Å². The van der Waals surface area contributed by atoms with Gasteiger partial charge in [0, 0.05) is 13.2 Å². The molecule has 0 aliphatic carbocycles. The average Bonchev–Trinajstić information content (AvgIpc) is 2.03. The van der Waals surface area contributed by atoms with Crippen molar-refractivity contribution in [3.8, 4) is 0 Å². The van der Waals surface area contributed by atoms with Crippen LogP contribution in [0.5, 0.6) is 0 Å². The Morgan fingerprint density at radius 1 is 1.42 bits per heavy atom. The summed E-state index contributed by atoms with van der Waals surface area (Å²) in [6, 6.07) is 2.67. The van der Waals surface area contributed by atoms with Gasteiger partial charge in [-0.2, -0.15) is 13.2 Å². The number of anilines is 1. The van der Waals surface area contributed by atoms with Crippen LogP contribution in [0, 0.1) is 7.05 Å². The van der Waals surface area contributed by atoms with Gasteiger partial charge in [0.2, 0.25) is 0 Å². The first-order valence-electron chi connectivity index (χ1n) is 3.11. The summed E-state index contributed by atoms with van der Waals surface area (Å²) in [6.45, 7) is 0. The second kappa shape index (κ2) is 3.00. The second-order valence-electron chi connectivity index (χ2n) is 2.07. The zero-order valence-electron chi connectivity index (χ0n) is 6.02. The molecule has 1 N–H and O–H groups in total. The lowest BCUT2D eigenvalue weighted by Gasteiger charge is -2.09. The minimum absolute atomic E-state index is 0.120. The van der Waals surface area contributed by atoms with Crippen LogP contribution in [0.3, 0.4) is 0 Å². The van der Waals surface area contributed by atoms with E-state index in [-0.39, 0.29) is 5.69 Å². The molecule has 0 amide bonds. The second-order valence-corrected chi connectivity index (χ2v) is 2.07. The Morgan fingerprint density at radius 2 is 2.08 bits per heavy atom. The normalized spacial score (nSPS) is 11.3. The third kappa shape index (κ3) is 1.66. The first-order chi connectivity index (χ1) is 5.55. The summed E-state index contributed by atoms with van der Waals surface area (Å²) in [5.41, 5.74) is -1.06. The monoisotopic (exact) mass is 175 g/mol. The Bertz CT molecular complexity index is 270. The molecule has 0 fully saturated rings. The summed E-state index contributed by atoms with van der Waals surface area (Å²) in [7, 11) is 3.14. The molecule has 0 aliphatic rings. The summed E-state index contributed by atoms with van der Waals surface area (Å²) in [5.74, 6) is 0. The third-order valence-electron chi connectivity index (χ3n) is 1.27. The van der Waals surface area contributed by atoms with Crippen LogP contribution >= 0.6 is 0 Å². The van der Waals surface area contributed by atoms with Gasteiger partial charge in [0.05, 0.1) is 5.69 Å². The number of nitrogens with zero attached hydrogens (tertiary/aromatic N) is 1. The van der Waals surface area contributed by atoms with Crippen molar-refractivity contribution in [2.75, 3.05) is 5.32 Å². The molecule has 12 heavy (non-hydrogen) atoms. The van der Waals surface area contributed by atoms with Gasteiger partial charge >= 0.3 is 6.18 Å². The van der Waals surface area contributed by atoms with Gasteiger partial charge in [0.15, 0.2) is 5.69 Å². The Kier molecular flexibility index (Phi) is 2.21. The molecule has 0 spiro atoms. The molecular formula is C7H6F3N2. The molecule has 65 valence electrons. The summed E-state index contributed by atoms with van der Waals surface area (Å²) in [5, 5.41) is 2.17. The average molecular weight is 175 g/mol. The number of halogens is 3. The lowest BCUT2D eigenvalue weighted by Crippen LogP contribution is -2.10. The number of nitrogens with one attached hydrogen (secondary N) is 1. The van der Waals surface area contributed by atoms with Gasteiger partial charge in [0.25, 0.3) is 0 Å². The Balaban J connectivity index is 3.14. The van der Waals surface area contributed by atoms with Crippen LogP contribution in [0.25, 0.3) is 0 Å². The van der Waals surface area contributed by atoms with Crippen LogP contribution in [-0.4, -0.2) is 4.98 Å². The highest BCUT2D eigenvalue weighted by molar-refractivity contribution is 5.48. The van der Waals surface area contributed by atoms with Gasteiger partial charge in [-0.25, -0.2) is 4.98 Å². The first kappa shape index (κ1) is 8.83. The van der Waals surface area contributed by atoms with Gasteiger partial charge in [-0.3, -0.25) is 0 Å². The maximum absolute atomic E-state index is 12.1. The SMILES string of the molecule is [CH2]Nc1cccnc1C(F)(F)F. The van der Waals surface area contributed by atoms with Crippen molar-refractivity contribution in [3.63, 3.8) is 0 Å². The van der Waals surface area contributed by atoms with Gasteiger partial charge in [-0.15, -0.1) is 0 Å². The smallest absolute Gasteiger partial charge is 0.382 e. The molecule has 1 heterocycles. The molecule has 0 saturated heterocycles. The topological polar surface area (TPSA) is 24.9 Å². The zero-order valence-corrected chi connectivity index (χ0v) is 6.02. The van der Waals surface area contributed by atoms with Crippen LogP contribution in [0.15, 0.2) is 18.3 Å². The molecule has 0 bridgehead atoms. The number of alkyl halides is 3. The predicted octanol–water partition coefficient (Wildman–Crippen LogP) is 2.30.